The van der Waals surface area contributed by atoms with Crippen molar-refractivity contribution in [3.63, 3.8) is 0 Å². The van der Waals surface area contributed by atoms with Crippen LogP contribution < -0.4 is 10.6 Å². The van der Waals surface area contributed by atoms with Gasteiger partial charge in [0.1, 0.15) is 12.2 Å². The maximum absolute atomic E-state index is 12.7. The summed E-state index contributed by atoms with van der Waals surface area (Å²) in [6.07, 6.45) is -0.185. The maximum atomic E-state index is 12.7. The van der Waals surface area contributed by atoms with Crippen molar-refractivity contribution in [1.29, 1.82) is 0 Å². The average molecular weight is 346 g/mol. The zero-order valence-electron chi connectivity index (χ0n) is 14.1. The summed E-state index contributed by atoms with van der Waals surface area (Å²) in [4.78, 5) is 4.14. The number of hydrogen-bond donors (Lipinski definition) is 2. The zero-order chi connectivity index (χ0) is 17.6. The van der Waals surface area contributed by atoms with Gasteiger partial charge in [-0.15, -0.1) is 10.2 Å². The lowest BCUT2D eigenvalue weighted by atomic mass is 9.85. The second-order valence-electron chi connectivity index (χ2n) is 6.03. The van der Waals surface area contributed by atoms with E-state index in [4.69, 9.17) is 0 Å². The molecule has 2 rings (SSSR count). The van der Waals surface area contributed by atoms with Crippen LogP contribution in [0.2, 0.25) is 0 Å². The molecule has 1 saturated carbocycles. The normalized spacial score (nSPS) is 22.5. The molecule has 136 valence electrons. The van der Waals surface area contributed by atoms with Crippen molar-refractivity contribution < 1.29 is 13.2 Å². The van der Waals surface area contributed by atoms with Crippen molar-refractivity contribution in [3.8, 4) is 0 Å². The van der Waals surface area contributed by atoms with Crippen LogP contribution in [-0.2, 0) is 13.0 Å². The Balaban J connectivity index is 1.73. The largest absolute Gasteiger partial charge is 0.391 e. The standard InChI is InChI=1S/C15H25F3N6/c1-3-13-23-21-10-24(13)9-8-20-14(19-2)22-12-6-4-11(5-7-12)15(16,17)18/h10-12H,3-9H2,1-2H3,(H2,19,20,22). The van der Waals surface area contributed by atoms with Gasteiger partial charge in [-0.2, -0.15) is 13.2 Å². The number of aryl methyl sites for hydroxylation is 1. The Labute approximate surface area is 139 Å². The van der Waals surface area contributed by atoms with Gasteiger partial charge in [0.05, 0.1) is 5.92 Å². The van der Waals surface area contributed by atoms with Gasteiger partial charge in [0, 0.05) is 32.6 Å². The van der Waals surface area contributed by atoms with Crippen molar-refractivity contribution in [1.82, 2.24) is 25.4 Å². The van der Waals surface area contributed by atoms with E-state index >= 15 is 0 Å². The van der Waals surface area contributed by atoms with Crippen molar-refractivity contribution in [2.24, 2.45) is 10.9 Å². The van der Waals surface area contributed by atoms with Crippen LogP contribution in [0, 0.1) is 5.92 Å². The quantitative estimate of drug-likeness (QED) is 0.633. The van der Waals surface area contributed by atoms with Gasteiger partial charge >= 0.3 is 6.18 Å². The van der Waals surface area contributed by atoms with Crippen LogP contribution in [0.15, 0.2) is 11.3 Å². The first kappa shape index (κ1) is 18.5. The highest BCUT2D eigenvalue weighted by atomic mass is 19.4. The van der Waals surface area contributed by atoms with Gasteiger partial charge in [-0.3, -0.25) is 4.99 Å². The monoisotopic (exact) mass is 346 g/mol. The van der Waals surface area contributed by atoms with E-state index in [1.165, 1.54) is 0 Å². The lowest BCUT2D eigenvalue weighted by Gasteiger charge is -2.31. The molecule has 1 aromatic rings. The highest BCUT2D eigenvalue weighted by Crippen LogP contribution is 2.37. The molecule has 1 aromatic heterocycles. The van der Waals surface area contributed by atoms with Crippen LogP contribution in [0.1, 0.15) is 38.4 Å². The third kappa shape index (κ3) is 5.10. The van der Waals surface area contributed by atoms with Crippen molar-refractivity contribution in [2.45, 2.75) is 57.8 Å². The highest BCUT2D eigenvalue weighted by molar-refractivity contribution is 5.79. The number of rotatable bonds is 5. The van der Waals surface area contributed by atoms with Crippen LogP contribution in [0.5, 0.6) is 0 Å². The number of aliphatic imine (C=N–C) groups is 1. The number of guanidine groups is 1. The van der Waals surface area contributed by atoms with E-state index in [9.17, 15) is 13.2 Å². The van der Waals surface area contributed by atoms with Gasteiger partial charge in [-0.05, 0) is 25.7 Å². The number of nitrogens with zero attached hydrogens (tertiary/aromatic N) is 4. The van der Waals surface area contributed by atoms with Gasteiger partial charge in [0.15, 0.2) is 5.96 Å². The average Bonchev–Trinajstić information content (AvgIpc) is 3.01. The number of halogens is 3. The van der Waals surface area contributed by atoms with E-state index in [1.54, 1.807) is 13.4 Å². The Bertz CT molecular complexity index is 532. The van der Waals surface area contributed by atoms with E-state index in [1.807, 2.05) is 11.5 Å². The zero-order valence-corrected chi connectivity index (χ0v) is 14.1. The first-order valence-electron chi connectivity index (χ1n) is 8.34. The van der Waals surface area contributed by atoms with Crippen molar-refractivity contribution in [2.75, 3.05) is 13.6 Å². The molecule has 24 heavy (non-hydrogen) atoms. The molecule has 1 aliphatic rings. The van der Waals surface area contributed by atoms with Crippen LogP contribution in [-0.4, -0.2) is 46.5 Å². The van der Waals surface area contributed by atoms with E-state index in [-0.39, 0.29) is 18.9 Å². The molecule has 0 spiro atoms. The Morgan fingerprint density at radius 1 is 1.33 bits per heavy atom. The molecule has 1 fully saturated rings. The predicted molar refractivity (Wildman–Crippen MR) is 85.7 cm³/mol. The second kappa shape index (κ2) is 8.34. The fourth-order valence-corrected chi connectivity index (χ4v) is 2.99. The Morgan fingerprint density at radius 2 is 2.04 bits per heavy atom. The fourth-order valence-electron chi connectivity index (χ4n) is 2.99. The van der Waals surface area contributed by atoms with Crippen LogP contribution in [0.3, 0.4) is 0 Å². The molecule has 0 radical (unpaired) electrons. The third-order valence-corrected chi connectivity index (χ3v) is 4.41. The number of aromatic nitrogens is 3. The van der Waals surface area contributed by atoms with Crippen LogP contribution >= 0.6 is 0 Å². The van der Waals surface area contributed by atoms with Crippen molar-refractivity contribution >= 4 is 5.96 Å². The first-order chi connectivity index (χ1) is 11.4. The summed E-state index contributed by atoms with van der Waals surface area (Å²) in [6.45, 7) is 3.37. The smallest absolute Gasteiger partial charge is 0.355 e. The Hall–Kier alpha value is -1.80. The second-order valence-corrected chi connectivity index (χ2v) is 6.03. The Morgan fingerprint density at radius 3 is 2.62 bits per heavy atom. The highest BCUT2D eigenvalue weighted by Gasteiger charge is 2.41. The molecule has 0 aromatic carbocycles. The molecule has 0 bridgehead atoms. The summed E-state index contributed by atoms with van der Waals surface area (Å²) >= 11 is 0. The summed E-state index contributed by atoms with van der Waals surface area (Å²) < 4.78 is 40.0. The third-order valence-electron chi connectivity index (χ3n) is 4.41. The minimum absolute atomic E-state index is 0.0379. The number of nitrogens with one attached hydrogen (secondary N) is 2. The Kier molecular flexibility index (Phi) is 6.44. The van der Waals surface area contributed by atoms with Gasteiger partial charge in [0.25, 0.3) is 0 Å². The van der Waals surface area contributed by atoms with Gasteiger partial charge in [-0.1, -0.05) is 6.92 Å². The molecular weight excluding hydrogens is 321 g/mol. The molecule has 0 amide bonds. The SMILES string of the molecule is CCc1nncn1CCNC(=NC)NC1CCC(C(F)(F)F)CC1. The number of alkyl halides is 3. The first-order valence-corrected chi connectivity index (χ1v) is 8.34. The van der Waals surface area contributed by atoms with Gasteiger partial charge in [-0.25, -0.2) is 0 Å². The van der Waals surface area contributed by atoms with E-state index in [2.05, 4.69) is 25.8 Å². The van der Waals surface area contributed by atoms with Crippen molar-refractivity contribution in [3.05, 3.63) is 12.2 Å². The predicted octanol–water partition coefficient (Wildman–Crippen LogP) is 2.13. The van der Waals surface area contributed by atoms with Gasteiger partial charge in [0.2, 0.25) is 0 Å². The topological polar surface area (TPSA) is 67.1 Å². The van der Waals surface area contributed by atoms with Gasteiger partial charge < -0.3 is 15.2 Å². The molecule has 1 aliphatic carbocycles. The molecule has 0 unspecified atom stereocenters. The lowest BCUT2D eigenvalue weighted by molar-refractivity contribution is -0.182. The van der Waals surface area contributed by atoms with E-state index in [0.717, 1.165) is 12.2 Å². The summed E-state index contributed by atoms with van der Waals surface area (Å²) in [5.41, 5.74) is 0. The molecule has 9 heteroatoms. The summed E-state index contributed by atoms with van der Waals surface area (Å²) in [5.74, 6) is 0.383. The molecular formula is C15H25F3N6. The molecule has 0 atom stereocenters. The molecule has 1 heterocycles. The van der Waals surface area contributed by atoms with E-state index in [0.29, 0.717) is 31.9 Å². The molecule has 0 aliphatic heterocycles. The van der Waals surface area contributed by atoms with E-state index < -0.39 is 12.1 Å². The fraction of sp³-hybridized carbons (Fsp3) is 0.800. The lowest BCUT2D eigenvalue weighted by Crippen LogP contribution is -2.46. The minimum atomic E-state index is -4.07. The minimum Gasteiger partial charge on any atom is -0.355 e. The summed E-state index contributed by atoms with van der Waals surface area (Å²) in [6, 6.07) is 0.0379. The molecule has 0 saturated heterocycles. The number of hydrogen-bond acceptors (Lipinski definition) is 3. The molecule has 2 N–H and O–H groups in total. The van der Waals surface area contributed by atoms with Crippen LogP contribution in [0.4, 0.5) is 13.2 Å². The van der Waals surface area contributed by atoms with Crippen LogP contribution in [0.25, 0.3) is 0 Å². The maximum Gasteiger partial charge on any atom is 0.391 e. The molecule has 6 nitrogen and oxygen atoms in total. The summed E-state index contributed by atoms with van der Waals surface area (Å²) in [7, 11) is 1.66. The summed E-state index contributed by atoms with van der Waals surface area (Å²) in [5, 5.41) is 14.3.